The predicted molar refractivity (Wildman–Crippen MR) is 46.5 cm³/mol. The van der Waals surface area contributed by atoms with Crippen LogP contribution in [0.4, 0.5) is 0 Å². The van der Waals surface area contributed by atoms with Gasteiger partial charge in [0.15, 0.2) is 0 Å². The van der Waals surface area contributed by atoms with Gasteiger partial charge in [-0.15, -0.1) is 0 Å². The van der Waals surface area contributed by atoms with Crippen LogP contribution in [0.5, 0.6) is 0 Å². The number of aliphatic hydroxyl groups excluding tert-OH is 1. The normalized spacial score (nSPS) is 31.4. The molecule has 0 radical (unpaired) electrons. The van der Waals surface area contributed by atoms with Crippen LogP contribution in [0.1, 0.15) is 33.1 Å². The first-order valence-corrected chi connectivity index (χ1v) is 4.69. The van der Waals surface area contributed by atoms with Crippen LogP contribution in [0.25, 0.3) is 0 Å². The first-order valence-electron chi connectivity index (χ1n) is 4.69. The molecule has 11 heavy (non-hydrogen) atoms. The molecule has 1 aliphatic heterocycles. The molecule has 1 heterocycles. The molecule has 2 aliphatic rings. The summed E-state index contributed by atoms with van der Waals surface area (Å²) in [5.41, 5.74) is 0.646. The highest BCUT2D eigenvalue weighted by Gasteiger charge is 2.47. The fourth-order valence-electron chi connectivity index (χ4n) is 1.71. The molecule has 1 aliphatic carbocycles. The minimum Gasteiger partial charge on any atom is -0.395 e. The molecule has 1 atom stereocenters. The predicted octanol–water partition coefficient (Wildman–Crippen LogP) is 1.15. The summed E-state index contributed by atoms with van der Waals surface area (Å²) in [5.74, 6) is 0. The third kappa shape index (κ3) is 1.94. The van der Waals surface area contributed by atoms with Gasteiger partial charge in [-0.05, 0) is 24.7 Å². The van der Waals surface area contributed by atoms with Gasteiger partial charge in [0.1, 0.15) is 0 Å². The van der Waals surface area contributed by atoms with Gasteiger partial charge < -0.3 is 10.4 Å². The maximum Gasteiger partial charge on any atom is 0.0584 e. The summed E-state index contributed by atoms with van der Waals surface area (Å²) in [7, 11) is 0. The Labute approximate surface area is 69.0 Å². The van der Waals surface area contributed by atoms with E-state index in [2.05, 4.69) is 5.32 Å². The lowest BCUT2D eigenvalue weighted by Gasteiger charge is -2.03. The van der Waals surface area contributed by atoms with Crippen LogP contribution in [0.3, 0.4) is 0 Å². The van der Waals surface area contributed by atoms with Crippen molar-refractivity contribution >= 4 is 0 Å². The van der Waals surface area contributed by atoms with Crippen molar-refractivity contribution in [2.45, 2.75) is 39.2 Å². The Balaban J connectivity index is 0.000000281. The lowest BCUT2D eigenvalue weighted by molar-refractivity contribution is 0.252. The zero-order chi connectivity index (χ0) is 8.32. The molecule has 0 amide bonds. The third-order valence-corrected chi connectivity index (χ3v) is 2.62. The summed E-state index contributed by atoms with van der Waals surface area (Å²) in [5, 5.41) is 12.1. The molecule has 0 bridgehead atoms. The van der Waals surface area contributed by atoms with E-state index in [9.17, 15) is 0 Å². The molecule has 2 nitrogen and oxygen atoms in total. The molecule has 1 saturated carbocycles. The molecule has 2 fully saturated rings. The van der Waals surface area contributed by atoms with E-state index >= 15 is 0 Å². The molecule has 66 valence electrons. The second-order valence-corrected chi connectivity index (χ2v) is 3.46. The minimum absolute atomic E-state index is 0.321. The number of nitrogens with one attached hydrogen (secondary N) is 1. The average molecular weight is 157 g/mol. The van der Waals surface area contributed by atoms with Gasteiger partial charge >= 0.3 is 0 Å². The molecule has 1 spiro atoms. The van der Waals surface area contributed by atoms with Gasteiger partial charge in [-0.1, -0.05) is 13.8 Å². The molecule has 2 rings (SSSR count). The second-order valence-electron chi connectivity index (χ2n) is 3.46. The van der Waals surface area contributed by atoms with E-state index in [1.807, 2.05) is 13.8 Å². The fourth-order valence-corrected chi connectivity index (χ4v) is 1.71. The summed E-state index contributed by atoms with van der Waals surface area (Å²) in [6.07, 6.45) is 3.98. The summed E-state index contributed by atoms with van der Waals surface area (Å²) in [4.78, 5) is 0. The Morgan fingerprint density at radius 1 is 1.45 bits per heavy atom. The molecule has 2 heteroatoms. The van der Waals surface area contributed by atoms with E-state index in [4.69, 9.17) is 5.11 Å². The monoisotopic (exact) mass is 157 g/mol. The smallest absolute Gasteiger partial charge is 0.0584 e. The Kier molecular flexibility index (Phi) is 2.90. The summed E-state index contributed by atoms with van der Waals surface area (Å²) in [6, 6.07) is 0.410. The Morgan fingerprint density at radius 3 is 2.36 bits per heavy atom. The van der Waals surface area contributed by atoms with Crippen molar-refractivity contribution in [1.29, 1.82) is 0 Å². The highest BCUT2D eigenvalue weighted by molar-refractivity contribution is 5.02. The molecule has 0 aromatic rings. The van der Waals surface area contributed by atoms with E-state index in [1.54, 1.807) is 0 Å². The van der Waals surface area contributed by atoms with Crippen LogP contribution in [-0.4, -0.2) is 24.3 Å². The van der Waals surface area contributed by atoms with E-state index in [0.29, 0.717) is 18.1 Å². The maximum absolute atomic E-state index is 8.76. The number of hydrogen-bond donors (Lipinski definition) is 2. The second kappa shape index (κ2) is 3.55. The first-order chi connectivity index (χ1) is 5.35. The molecule has 1 unspecified atom stereocenters. The van der Waals surface area contributed by atoms with Crippen molar-refractivity contribution in [2.24, 2.45) is 5.41 Å². The van der Waals surface area contributed by atoms with E-state index in [1.165, 1.54) is 19.3 Å². The van der Waals surface area contributed by atoms with Crippen LogP contribution in [-0.2, 0) is 0 Å². The molecule has 1 saturated heterocycles. The Bertz CT molecular complexity index is 121. The van der Waals surface area contributed by atoms with Gasteiger partial charge in [0.2, 0.25) is 0 Å². The first kappa shape index (κ1) is 9.01. The van der Waals surface area contributed by atoms with Crippen molar-refractivity contribution in [3.63, 3.8) is 0 Å². The molecule has 0 aromatic carbocycles. The van der Waals surface area contributed by atoms with E-state index in [0.717, 1.165) is 6.54 Å². The fraction of sp³-hybridized carbons (Fsp3) is 1.00. The van der Waals surface area contributed by atoms with Crippen LogP contribution in [0.15, 0.2) is 0 Å². The lowest BCUT2D eigenvalue weighted by atomic mass is 10.0. The van der Waals surface area contributed by atoms with E-state index < -0.39 is 0 Å². The van der Waals surface area contributed by atoms with Gasteiger partial charge in [-0.2, -0.15) is 0 Å². The van der Waals surface area contributed by atoms with Crippen LogP contribution in [0, 0.1) is 5.41 Å². The highest BCUT2D eigenvalue weighted by Crippen LogP contribution is 2.51. The average Bonchev–Trinajstić information content (AvgIpc) is 2.67. The number of rotatable bonds is 1. The molecule has 2 N–H and O–H groups in total. The third-order valence-electron chi connectivity index (χ3n) is 2.62. The zero-order valence-corrected chi connectivity index (χ0v) is 7.56. The molecular formula is C9H19NO. The number of aliphatic hydroxyl groups is 1. The van der Waals surface area contributed by atoms with Crippen molar-refractivity contribution < 1.29 is 5.11 Å². The summed E-state index contributed by atoms with van der Waals surface area (Å²) in [6.45, 7) is 5.47. The largest absolute Gasteiger partial charge is 0.395 e. The van der Waals surface area contributed by atoms with Crippen molar-refractivity contribution in [1.82, 2.24) is 5.32 Å². The van der Waals surface area contributed by atoms with Crippen LogP contribution >= 0.6 is 0 Å². The molecule has 0 aromatic heterocycles. The summed E-state index contributed by atoms with van der Waals surface area (Å²) >= 11 is 0. The van der Waals surface area contributed by atoms with Gasteiger partial charge in [0.25, 0.3) is 0 Å². The van der Waals surface area contributed by atoms with Crippen LogP contribution < -0.4 is 5.32 Å². The quantitative estimate of drug-likeness (QED) is 0.598. The van der Waals surface area contributed by atoms with Crippen LogP contribution in [0.2, 0.25) is 0 Å². The van der Waals surface area contributed by atoms with Crippen molar-refractivity contribution in [3.8, 4) is 0 Å². The highest BCUT2D eigenvalue weighted by atomic mass is 16.3. The zero-order valence-electron chi connectivity index (χ0n) is 7.56. The summed E-state index contributed by atoms with van der Waals surface area (Å²) < 4.78 is 0. The maximum atomic E-state index is 8.76. The van der Waals surface area contributed by atoms with Gasteiger partial charge in [0, 0.05) is 12.6 Å². The topological polar surface area (TPSA) is 32.3 Å². The van der Waals surface area contributed by atoms with Crippen molar-refractivity contribution in [3.05, 3.63) is 0 Å². The number of hydrogen-bond acceptors (Lipinski definition) is 2. The lowest BCUT2D eigenvalue weighted by Crippen LogP contribution is -2.24. The van der Waals surface area contributed by atoms with Gasteiger partial charge in [0.05, 0.1) is 6.61 Å². The molecular weight excluding hydrogens is 138 g/mol. The van der Waals surface area contributed by atoms with Gasteiger partial charge in [-0.25, -0.2) is 0 Å². The Hall–Kier alpha value is -0.0800. The standard InChI is InChI=1S/C7H13NO.C2H6/c9-4-6-3-7(1-2-7)5-8-6;1-2/h6,8-9H,1-5H2;1-2H3. The van der Waals surface area contributed by atoms with Gasteiger partial charge in [-0.3, -0.25) is 0 Å². The van der Waals surface area contributed by atoms with Crippen molar-refractivity contribution in [2.75, 3.05) is 13.2 Å². The minimum atomic E-state index is 0.321. The SMILES string of the molecule is CC.OCC1CC2(CC2)CN1. The Morgan fingerprint density at radius 2 is 2.09 bits per heavy atom. The van der Waals surface area contributed by atoms with E-state index in [-0.39, 0.29) is 0 Å².